The number of amides is 1. The minimum Gasteiger partial charge on any atom is -0.497 e. The number of nitrogens with zero attached hydrogens (tertiary/aromatic N) is 3. The molecule has 1 atom stereocenters. The number of methoxy groups -OCH3 is 1. The number of nitriles is 1. The molecule has 1 fully saturated rings. The lowest BCUT2D eigenvalue weighted by Crippen LogP contribution is -2.47. The van der Waals surface area contributed by atoms with Crippen molar-refractivity contribution in [1.82, 2.24) is 4.90 Å². The highest BCUT2D eigenvalue weighted by atomic mass is 32.2. The Bertz CT molecular complexity index is 1010. The fourth-order valence-electron chi connectivity index (χ4n) is 3.79. The van der Waals surface area contributed by atoms with E-state index in [1.165, 1.54) is 11.8 Å². The van der Waals surface area contributed by atoms with Gasteiger partial charge in [-0.1, -0.05) is 23.9 Å². The SMILES string of the molecule is CCOc1ccc(N2CSC3=C(C#N)[C@@H](c4cccc(OC)c4)CC(=O)N3C2)cc1. The summed E-state index contributed by atoms with van der Waals surface area (Å²) >= 11 is 1.53. The molecule has 154 valence electrons. The first kappa shape index (κ1) is 20.2. The van der Waals surface area contributed by atoms with Gasteiger partial charge in [0.25, 0.3) is 0 Å². The summed E-state index contributed by atoms with van der Waals surface area (Å²) in [6.07, 6.45) is 0.275. The van der Waals surface area contributed by atoms with Crippen LogP contribution in [0.4, 0.5) is 5.69 Å². The van der Waals surface area contributed by atoms with Crippen molar-refractivity contribution in [2.45, 2.75) is 19.3 Å². The standard InChI is InChI=1S/C23H23N3O3S/c1-3-29-18-9-7-17(8-10-18)25-14-26-22(27)12-20(21(13-24)23(26)30-15-25)16-5-4-6-19(11-16)28-2/h4-11,20H,3,12,14-15H2,1-2H3/t20-/m1/s1. The summed E-state index contributed by atoms with van der Waals surface area (Å²) in [5, 5.41) is 10.7. The highest BCUT2D eigenvalue weighted by molar-refractivity contribution is 8.03. The van der Waals surface area contributed by atoms with Crippen LogP contribution in [0, 0.1) is 11.3 Å². The molecule has 0 radical (unpaired) electrons. The van der Waals surface area contributed by atoms with Gasteiger partial charge >= 0.3 is 0 Å². The maximum atomic E-state index is 13.0. The first-order valence-corrected chi connectivity index (χ1v) is 10.8. The first-order valence-electron chi connectivity index (χ1n) is 9.83. The van der Waals surface area contributed by atoms with Gasteiger partial charge in [-0.3, -0.25) is 9.69 Å². The average molecular weight is 422 g/mol. The summed E-state index contributed by atoms with van der Waals surface area (Å²) in [6.45, 7) is 3.02. The van der Waals surface area contributed by atoms with E-state index < -0.39 is 0 Å². The van der Waals surface area contributed by atoms with Gasteiger partial charge in [0.2, 0.25) is 5.91 Å². The molecule has 0 aliphatic carbocycles. The van der Waals surface area contributed by atoms with E-state index in [1.54, 1.807) is 12.0 Å². The minimum absolute atomic E-state index is 0.0277. The number of anilines is 1. The van der Waals surface area contributed by atoms with Crippen LogP contribution in [0.1, 0.15) is 24.8 Å². The number of benzene rings is 2. The first-order chi connectivity index (χ1) is 14.6. The highest BCUT2D eigenvalue weighted by Gasteiger charge is 2.38. The van der Waals surface area contributed by atoms with Crippen LogP contribution < -0.4 is 14.4 Å². The summed E-state index contributed by atoms with van der Waals surface area (Å²) in [7, 11) is 1.61. The van der Waals surface area contributed by atoms with Gasteiger partial charge in [0, 0.05) is 18.0 Å². The molecule has 6 nitrogen and oxygen atoms in total. The van der Waals surface area contributed by atoms with Crippen molar-refractivity contribution < 1.29 is 14.3 Å². The van der Waals surface area contributed by atoms with Crippen molar-refractivity contribution in [3.63, 3.8) is 0 Å². The van der Waals surface area contributed by atoms with Gasteiger partial charge in [-0.05, 0) is 48.9 Å². The predicted octanol–water partition coefficient (Wildman–Crippen LogP) is 4.31. The number of carbonyl (C=O) groups excluding carboxylic acids is 1. The second kappa shape index (κ2) is 8.72. The molecule has 0 spiro atoms. The van der Waals surface area contributed by atoms with E-state index in [4.69, 9.17) is 9.47 Å². The number of rotatable bonds is 5. The van der Waals surface area contributed by atoms with Gasteiger partial charge in [0.05, 0.1) is 42.9 Å². The molecule has 4 rings (SSSR count). The van der Waals surface area contributed by atoms with Crippen LogP contribution in [0.3, 0.4) is 0 Å². The maximum absolute atomic E-state index is 13.0. The molecule has 0 unspecified atom stereocenters. The van der Waals surface area contributed by atoms with Gasteiger partial charge < -0.3 is 14.4 Å². The van der Waals surface area contributed by atoms with Crippen LogP contribution in [-0.4, -0.2) is 37.1 Å². The number of thioether (sulfide) groups is 1. The Hall–Kier alpha value is -3.11. The molecule has 2 aliphatic rings. The van der Waals surface area contributed by atoms with Crippen molar-refractivity contribution in [3.05, 3.63) is 64.7 Å². The second-order valence-corrected chi connectivity index (χ2v) is 8.00. The van der Waals surface area contributed by atoms with Gasteiger partial charge in [-0.15, -0.1) is 0 Å². The Kier molecular flexibility index (Phi) is 5.86. The third-order valence-corrected chi connectivity index (χ3v) is 6.46. The van der Waals surface area contributed by atoms with Crippen molar-refractivity contribution in [1.29, 1.82) is 5.26 Å². The lowest BCUT2D eigenvalue weighted by atomic mass is 9.86. The van der Waals surface area contributed by atoms with E-state index >= 15 is 0 Å². The second-order valence-electron chi connectivity index (χ2n) is 7.07. The number of allylic oxidation sites excluding steroid dienone is 1. The molecule has 1 amide bonds. The van der Waals surface area contributed by atoms with Crippen LogP contribution in [0.15, 0.2) is 59.1 Å². The molecule has 0 N–H and O–H groups in total. The largest absolute Gasteiger partial charge is 0.497 e. The van der Waals surface area contributed by atoms with Crippen LogP contribution in [0.5, 0.6) is 11.5 Å². The molecule has 0 bridgehead atoms. The van der Waals surface area contributed by atoms with Crippen molar-refractivity contribution >= 4 is 23.4 Å². The number of hydrogen-bond acceptors (Lipinski definition) is 6. The van der Waals surface area contributed by atoms with E-state index in [0.717, 1.165) is 27.8 Å². The third-order valence-electron chi connectivity index (χ3n) is 5.30. The van der Waals surface area contributed by atoms with Gasteiger partial charge in [0.15, 0.2) is 0 Å². The predicted molar refractivity (Wildman–Crippen MR) is 117 cm³/mol. The van der Waals surface area contributed by atoms with Crippen LogP contribution in [0.25, 0.3) is 0 Å². The fraction of sp³-hybridized carbons (Fsp3) is 0.304. The highest BCUT2D eigenvalue weighted by Crippen LogP contribution is 2.43. The third kappa shape index (κ3) is 3.83. The summed E-state index contributed by atoms with van der Waals surface area (Å²) in [4.78, 5) is 16.9. The molecule has 2 aromatic carbocycles. The van der Waals surface area contributed by atoms with E-state index in [1.807, 2.05) is 55.5 Å². The lowest BCUT2D eigenvalue weighted by Gasteiger charge is -2.42. The van der Waals surface area contributed by atoms with Crippen molar-refractivity contribution in [2.75, 3.05) is 31.2 Å². The summed E-state index contributed by atoms with van der Waals surface area (Å²) in [6, 6.07) is 17.9. The average Bonchev–Trinajstić information content (AvgIpc) is 2.79. The van der Waals surface area contributed by atoms with Crippen molar-refractivity contribution in [2.24, 2.45) is 0 Å². The molecule has 2 aliphatic heterocycles. The van der Waals surface area contributed by atoms with E-state index in [2.05, 4.69) is 11.0 Å². The van der Waals surface area contributed by atoms with E-state index in [0.29, 0.717) is 24.7 Å². The Balaban J connectivity index is 1.60. The Morgan fingerprint density at radius 2 is 2.00 bits per heavy atom. The van der Waals surface area contributed by atoms with Gasteiger partial charge in [0.1, 0.15) is 11.5 Å². The number of fused-ring (bicyclic) bond motifs is 1. The quantitative estimate of drug-likeness (QED) is 0.717. The summed E-state index contributed by atoms with van der Waals surface area (Å²) < 4.78 is 10.8. The zero-order chi connectivity index (χ0) is 21.1. The Morgan fingerprint density at radius 1 is 1.20 bits per heavy atom. The molecule has 1 saturated heterocycles. The normalized spacial score (nSPS) is 18.7. The van der Waals surface area contributed by atoms with Crippen molar-refractivity contribution in [3.8, 4) is 17.6 Å². The zero-order valence-electron chi connectivity index (χ0n) is 17.0. The fourth-order valence-corrected chi connectivity index (χ4v) is 4.96. The molecular formula is C23H23N3O3S. The monoisotopic (exact) mass is 421 g/mol. The molecule has 2 aromatic rings. The number of hydrogen-bond donors (Lipinski definition) is 0. The molecule has 2 heterocycles. The zero-order valence-corrected chi connectivity index (χ0v) is 17.8. The van der Waals surface area contributed by atoms with Gasteiger partial charge in [-0.25, -0.2) is 0 Å². The molecular weight excluding hydrogens is 398 g/mol. The van der Waals surface area contributed by atoms with Crippen LogP contribution in [0.2, 0.25) is 0 Å². The minimum atomic E-state index is -0.242. The molecule has 0 saturated carbocycles. The van der Waals surface area contributed by atoms with E-state index in [9.17, 15) is 10.1 Å². The number of carbonyl (C=O) groups is 1. The van der Waals surface area contributed by atoms with Crippen LogP contribution >= 0.6 is 11.8 Å². The van der Waals surface area contributed by atoms with Gasteiger partial charge in [-0.2, -0.15) is 5.26 Å². The smallest absolute Gasteiger partial charge is 0.229 e. The Labute approximate surface area is 180 Å². The lowest BCUT2D eigenvalue weighted by molar-refractivity contribution is -0.129. The number of ether oxygens (including phenoxy) is 2. The van der Waals surface area contributed by atoms with E-state index in [-0.39, 0.29) is 18.2 Å². The summed E-state index contributed by atoms with van der Waals surface area (Å²) in [5.41, 5.74) is 2.60. The molecule has 30 heavy (non-hydrogen) atoms. The summed E-state index contributed by atoms with van der Waals surface area (Å²) in [5.74, 6) is 2.01. The molecule has 7 heteroatoms. The maximum Gasteiger partial charge on any atom is 0.229 e. The van der Waals surface area contributed by atoms with Crippen LogP contribution in [-0.2, 0) is 4.79 Å². The topological polar surface area (TPSA) is 65.8 Å². The Morgan fingerprint density at radius 3 is 2.70 bits per heavy atom. The molecule has 0 aromatic heterocycles.